The zero-order chi connectivity index (χ0) is 15.8. The molecule has 23 heavy (non-hydrogen) atoms. The van der Waals surface area contributed by atoms with Crippen LogP contribution in [0, 0.1) is 5.82 Å². The Balaban J connectivity index is 1.61. The van der Waals surface area contributed by atoms with E-state index in [0.29, 0.717) is 42.7 Å². The highest BCUT2D eigenvalue weighted by molar-refractivity contribution is 6.09. The predicted molar refractivity (Wildman–Crippen MR) is 82.0 cm³/mol. The summed E-state index contributed by atoms with van der Waals surface area (Å²) in [7, 11) is 0. The van der Waals surface area contributed by atoms with Crippen molar-refractivity contribution >= 4 is 17.5 Å². The van der Waals surface area contributed by atoms with Gasteiger partial charge in [-0.05, 0) is 24.3 Å². The molecule has 0 spiro atoms. The van der Waals surface area contributed by atoms with Gasteiger partial charge in [-0.2, -0.15) is 0 Å². The summed E-state index contributed by atoms with van der Waals surface area (Å²) in [6.07, 6.45) is 1.58. The van der Waals surface area contributed by atoms with Gasteiger partial charge in [0, 0.05) is 25.0 Å². The third kappa shape index (κ3) is 2.53. The van der Waals surface area contributed by atoms with E-state index in [0.717, 1.165) is 13.1 Å². The molecule has 2 aliphatic rings. The Bertz CT molecular complexity index is 744. The minimum Gasteiger partial charge on any atom is -0.378 e. The molecule has 7 heteroatoms. The van der Waals surface area contributed by atoms with Crippen molar-refractivity contribution in [3.8, 4) is 0 Å². The molecule has 0 atom stereocenters. The monoisotopic (exact) mass is 314 g/mol. The second-order valence-corrected chi connectivity index (χ2v) is 5.50. The van der Waals surface area contributed by atoms with Crippen LogP contribution in [0.15, 0.2) is 30.5 Å². The van der Waals surface area contributed by atoms with Crippen LogP contribution in [0.5, 0.6) is 0 Å². The van der Waals surface area contributed by atoms with E-state index >= 15 is 0 Å². The Morgan fingerprint density at radius 3 is 2.61 bits per heavy atom. The Hall–Kier alpha value is -2.54. The molecular weight excluding hydrogens is 299 g/mol. The maximum absolute atomic E-state index is 13.1. The number of hydrogen-bond acceptors (Lipinski definition) is 5. The number of rotatable bonds is 2. The normalized spacial score (nSPS) is 17.5. The van der Waals surface area contributed by atoms with Crippen LogP contribution in [-0.2, 0) is 11.3 Å². The van der Waals surface area contributed by atoms with E-state index in [-0.39, 0.29) is 11.7 Å². The molecule has 1 aromatic heterocycles. The summed E-state index contributed by atoms with van der Waals surface area (Å²) >= 11 is 0. The van der Waals surface area contributed by atoms with Crippen molar-refractivity contribution in [1.29, 1.82) is 0 Å². The lowest BCUT2D eigenvalue weighted by Crippen LogP contribution is -2.37. The molecule has 3 heterocycles. The quantitative estimate of drug-likeness (QED) is 0.843. The summed E-state index contributed by atoms with van der Waals surface area (Å²) in [5.41, 5.74) is 1.87. The van der Waals surface area contributed by atoms with E-state index in [1.54, 1.807) is 23.2 Å². The number of morpholine rings is 1. The smallest absolute Gasteiger partial charge is 0.262 e. The van der Waals surface area contributed by atoms with E-state index in [9.17, 15) is 9.18 Å². The summed E-state index contributed by atoms with van der Waals surface area (Å²) in [4.78, 5) is 25.0. The van der Waals surface area contributed by atoms with E-state index in [4.69, 9.17) is 4.74 Å². The third-order valence-electron chi connectivity index (χ3n) is 4.07. The fraction of sp³-hybridized carbons (Fsp3) is 0.312. The van der Waals surface area contributed by atoms with Crippen molar-refractivity contribution < 1.29 is 13.9 Å². The Kier molecular flexibility index (Phi) is 3.42. The molecule has 0 unspecified atom stereocenters. The number of halogens is 1. The van der Waals surface area contributed by atoms with Gasteiger partial charge in [0.25, 0.3) is 5.91 Å². The third-order valence-corrected chi connectivity index (χ3v) is 4.07. The Labute approximate surface area is 132 Å². The van der Waals surface area contributed by atoms with Gasteiger partial charge in [-0.15, -0.1) is 0 Å². The highest BCUT2D eigenvalue weighted by atomic mass is 19.1. The number of benzene rings is 1. The van der Waals surface area contributed by atoms with Gasteiger partial charge in [-0.3, -0.25) is 4.79 Å². The molecule has 1 fully saturated rings. The molecule has 0 aliphatic carbocycles. The summed E-state index contributed by atoms with van der Waals surface area (Å²) in [6, 6.07) is 5.87. The molecule has 2 aliphatic heterocycles. The van der Waals surface area contributed by atoms with Crippen molar-refractivity contribution in [3.05, 3.63) is 47.5 Å². The average Bonchev–Trinajstić information content (AvgIpc) is 2.93. The van der Waals surface area contributed by atoms with Crippen LogP contribution in [0.2, 0.25) is 0 Å². The van der Waals surface area contributed by atoms with Crippen molar-refractivity contribution in [2.75, 3.05) is 36.1 Å². The highest BCUT2D eigenvalue weighted by Crippen LogP contribution is 2.28. The van der Waals surface area contributed by atoms with Crippen LogP contribution in [0.4, 0.5) is 16.0 Å². The van der Waals surface area contributed by atoms with E-state index in [1.165, 1.54) is 12.1 Å². The first-order chi connectivity index (χ1) is 11.2. The van der Waals surface area contributed by atoms with Gasteiger partial charge >= 0.3 is 0 Å². The molecule has 0 bridgehead atoms. The van der Waals surface area contributed by atoms with Crippen LogP contribution < -0.4 is 9.80 Å². The zero-order valence-electron chi connectivity index (χ0n) is 12.4. The number of carbonyl (C=O) groups excluding carboxylic acids is 1. The molecule has 4 rings (SSSR count). The number of aromatic nitrogens is 2. The second kappa shape index (κ2) is 5.58. The van der Waals surface area contributed by atoms with Crippen molar-refractivity contribution in [2.24, 2.45) is 0 Å². The van der Waals surface area contributed by atoms with Gasteiger partial charge in [-0.1, -0.05) is 0 Å². The van der Waals surface area contributed by atoms with E-state index in [2.05, 4.69) is 14.9 Å². The molecule has 118 valence electrons. The average molecular weight is 314 g/mol. The van der Waals surface area contributed by atoms with Crippen molar-refractivity contribution in [1.82, 2.24) is 9.97 Å². The largest absolute Gasteiger partial charge is 0.378 e. The molecule has 0 radical (unpaired) electrons. The number of nitrogens with zero attached hydrogens (tertiary/aromatic N) is 4. The van der Waals surface area contributed by atoms with Gasteiger partial charge in [0.15, 0.2) is 0 Å². The molecular formula is C16H15FN4O2. The van der Waals surface area contributed by atoms with Gasteiger partial charge in [0.05, 0.1) is 31.0 Å². The minimum absolute atomic E-state index is 0.153. The van der Waals surface area contributed by atoms with E-state index < -0.39 is 0 Å². The molecule has 2 aromatic rings. The topological polar surface area (TPSA) is 58.6 Å². The highest BCUT2D eigenvalue weighted by Gasteiger charge is 2.31. The molecule has 0 N–H and O–H groups in total. The van der Waals surface area contributed by atoms with Crippen LogP contribution in [0.3, 0.4) is 0 Å². The van der Waals surface area contributed by atoms with Crippen molar-refractivity contribution in [2.45, 2.75) is 6.54 Å². The zero-order valence-corrected chi connectivity index (χ0v) is 12.4. The van der Waals surface area contributed by atoms with Gasteiger partial charge in [0.2, 0.25) is 5.95 Å². The second-order valence-electron chi connectivity index (χ2n) is 5.50. The van der Waals surface area contributed by atoms with Crippen LogP contribution >= 0.6 is 0 Å². The van der Waals surface area contributed by atoms with Gasteiger partial charge in [0.1, 0.15) is 5.82 Å². The lowest BCUT2D eigenvalue weighted by Gasteiger charge is -2.26. The van der Waals surface area contributed by atoms with Crippen LogP contribution in [-0.4, -0.2) is 42.2 Å². The standard InChI is InChI=1S/C16H15FN4O2/c17-11-1-3-12(4-2-11)21-10-14-13(15(21)22)9-18-16(19-14)20-5-7-23-8-6-20/h1-4,9H,5-8,10H2. The predicted octanol–water partition coefficient (Wildman–Crippen LogP) is 1.61. The lowest BCUT2D eigenvalue weighted by atomic mass is 10.2. The first kappa shape index (κ1) is 14.1. The number of hydrogen-bond donors (Lipinski definition) is 0. The van der Waals surface area contributed by atoms with Gasteiger partial charge in [-0.25, -0.2) is 14.4 Å². The lowest BCUT2D eigenvalue weighted by molar-refractivity contribution is 0.0996. The first-order valence-electron chi connectivity index (χ1n) is 7.48. The van der Waals surface area contributed by atoms with Gasteiger partial charge < -0.3 is 14.5 Å². The Morgan fingerprint density at radius 2 is 1.87 bits per heavy atom. The maximum atomic E-state index is 13.1. The van der Waals surface area contributed by atoms with Crippen LogP contribution in [0.1, 0.15) is 16.1 Å². The first-order valence-corrected chi connectivity index (χ1v) is 7.48. The number of carbonyl (C=O) groups is 1. The molecule has 0 saturated carbocycles. The number of ether oxygens (including phenoxy) is 1. The fourth-order valence-corrected chi connectivity index (χ4v) is 2.82. The number of amides is 1. The summed E-state index contributed by atoms with van der Waals surface area (Å²) < 4.78 is 18.4. The summed E-state index contributed by atoms with van der Waals surface area (Å²) in [5.74, 6) is 0.147. The Morgan fingerprint density at radius 1 is 1.13 bits per heavy atom. The molecule has 6 nitrogen and oxygen atoms in total. The minimum atomic E-state index is -0.327. The summed E-state index contributed by atoms with van der Waals surface area (Å²) in [6.45, 7) is 3.17. The van der Waals surface area contributed by atoms with Crippen LogP contribution in [0.25, 0.3) is 0 Å². The molecule has 1 aromatic carbocycles. The van der Waals surface area contributed by atoms with Crippen molar-refractivity contribution in [3.63, 3.8) is 0 Å². The SMILES string of the molecule is O=C1c2cnc(N3CCOCC3)nc2CN1c1ccc(F)cc1. The molecule has 1 amide bonds. The number of anilines is 2. The number of fused-ring (bicyclic) bond motifs is 1. The fourth-order valence-electron chi connectivity index (χ4n) is 2.82. The molecule has 1 saturated heterocycles. The maximum Gasteiger partial charge on any atom is 0.262 e. The van der Waals surface area contributed by atoms with E-state index in [1.807, 2.05) is 0 Å². The summed E-state index contributed by atoms with van der Waals surface area (Å²) in [5, 5.41) is 0.